The second-order valence-corrected chi connectivity index (χ2v) is 5.48. The standard InChI is InChI=1S/C16H15F2NOS/c1-10(11-3-6-13(21-2)7-4-11)19-16(20)12-5-8-14(17)15(18)9-12/h3-10H,1-2H3,(H,19,20). The number of carbonyl (C=O) groups is 1. The lowest BCUT2D eigenvalue weighted by molar-refractivity contribution is 0.0939. The summed E-state index contributed by atoms with van der Waals surface area (Å²) in [4.78, 5) is 13.1. The maximum atomic E-state index is 13.1. The number of amides is 1. The molecule has 0 saturated heterocycles. The van der Waals surface area contributed by atoms with Crippen LogP contribution in [0.5, 0.6) is 0 Å². The first kappa shape index (κ1) is 15.5. The first-order valence-corrected chi connectivity index (χ1v) is 7.63. The minimum absolute atomic E-state index is 0.0986. The predicted octanol–water partition coefficient (Wildman–Crippen LogP) is 4.18. The number of nitrogens with one attached hydrogen (secondary N) is 1. The second-order valence-electron chi connectivity index (χ2n) is 4.60. The molecule has 110 valence electrons. The highest BCUT2D eigenvalue weighted by molar-refractivity contribution is 7.98. The fraction of sp³-hybridized carbons (Fsp3) is 0.188. The Hall–Kier alpha value is -1.88. The number of carbonyl (C=O) groups excluding carboxylic acids is 1. The molecular weight excluding hydrogens is 292 g/mol. The Morgan fingerprint density at radius 2 is 1.76 bits per heavy atom. The molecule has 2 aromatic rings. The molecule has 2 aromatic carbocycles. The normalized spacial score (nSPS) is 12.0. The van der Waals surface area contributed by atoms with Gasteiger partial charge in [-0.15, -0.1) is 11.8 Å². The molecule has 0 aliphatic rings. The average Bonchev–Trinajstić information content (AvgIpc) is 2.50. The highest BCUT2D eigenvalue weighted by atomic mass is 32.2. The van der Waals surface area contributed by atoms with Gasteiger partial charge in [-0.1, -0.05) is 12.1 Å². The molecule has 2 nitrogen and oxygen atoms in total. The summed E-state index contributed by atoms with van der Waals surface area (Å²) in [6.07, 6.45) is 1.99. The molecule has 0 fully saturated rings. The summed E-state index contributed by atoms with van der Waals surface area (Å²) < 4.78 is 26.0. The van der Waals surface area contributed by atoms with Gasteiger partial charge in [0.05, 0.1) is 6.04 Å². The molecular formula is C16H15F2NOS. The molecule has 1 N–H and O–H groups in total. The lowest BCUT2D eigenvalue weighted by Gasteiger charge is -2.15. The summed E-state index contributed by atoms with van der Waals surface area (Å²) in [7, 11) is 0. The summed E-state index contributed by atoms with van der Waals surface area (Å²) in [6.45, 7) is 1.84. The molecule has 0 aliphatic carbocycles. The van der Waals surface area contributed by atoms with E-state index in [2.05, 4.69) is 5.32 Å². The number of rotatable bonds is 4. The Morgan fingerprint density at radius 1 is 1.10 bits per heavy atom. The first-order valence-electron chi connectivity index (χ1n) is 6.41. The van der Waals surface area contributed by atoms with Gasteiger partial charge >= 0.3 is 0 Å². The largest absolute Gasteiger partial charge is 0.346 e. The van der Waals surface area contributed by atoms with E-state index < -0.39 is 17.5 Å². The molecule has 5 heteroatoms. The Kier molecular flexibility index (Phi) is 4.96. The molecule has 0 saturated carbocycles. The lowest BCUT2D eigenvalue weighted by atomic mass is 10.1. The van der Waals surface area contributed by atoms with Crippen LogP contribution in [0.3, 0.4) is 0 Å². The first-order chi connectivity index (χ1) is 10.0. The number of hydrogen-bond donors (Lipinski definition) is 1. The molecule has 0 spiro atoms. The van der Waals surface area contributed by atoms with Crippen LogP contribution in [0.1, 0.15) is 28.9 Å². The average molecular weight is 307 g/mol. The third-order valence-corrected chi connectivity index (χ3v) is 3.89. The topological polar surface area (TPSA) is 29.1 Å². The van der Waals surface area contributed by atoms with Crippen LogP contribution < -0.4 is 5.32 Å². The van der Waals surface area contributed by atoms with Crippen molar-refractivity contribution in [3.05, 3.63) is 65.2 Å². The van der Waals surface area contributed by atoms with Crippen molar-refractivity contribution < 1.29 is 13.6 Å². The van der Waals surface area contributed by atoms with E-state index in [9.17, 15) is 13.6 Å². The Balaban J connectivity index is 2.08. The summed E-state index contributed by atoms with van der Waals surface area (Å²) in [5.41, 5.74) is 1.05. The van der Waals surface area contributed by atoms with Gasteiger partial charge in [-0.25, -0.2) is 8.78 Å². The smallest absolute Gasteiger partial charge is 0.251 e. The Morgan fingerprint density at radius 3 is 2.33 bits per heavy atom. The van der Waals surface area contributed by atoms with Gasteiger partial charge in [0.15, 0.2) is 11.6 Å². The number of thioether (sulfide) groups is 1. The Bertz CT molecular complexity index is 643. The third-order valence-electron chi connectivity index (χ3n) is 3.15. The van der Waals surface area contributed by atoms with Crippen LogP contribution in [0.15, 0.2) is 47.4 Å². The van der Waals surface area contributed by atoms with E-state index in [-0.39, 0.29) is 11.6 Å². The molecule has 0 aliphatic heterocycles. The van der Waals surface area contributed by atoms with E-state index in [1.807, 2.05) is 37.4 Å². The fourth-order valence-corrected chi connectivity index (χ4v) is 2.30. The van der Waals surface area contributed by atoms with Crippen molar-refractivity contribution in [2.45, 2.75) is 17.9 Å². The van der Waals surface area contributed by atoms with E-state index in [0.29, 0.717) is 0 Å². The quantitative estimate of drug-likeness (QED) is 0.859. The number of hydrogen-bond acceptors (Lipinski definition) is 2. The number of benzene rings is 2. The van der Waals surface area contributed by atoms with Crippen molar-refractivity contribution in [3.8, 4) is 0 Å². The molecule has 0 aromatic heterocycles. The van der Waals surface area contributed by atoms with Crippen LogP contribution in [-0.2, 0) is 0 Å². The van der Waals surface area contributed by atoms with Crippen LogP contribution in [0.2, 0.25) is 0 Å². The van der Waals surface area contributed by atoms with Crippen LogP contribution in [0.25, 0.3) is 0 Å². The van der Waals surface area contributed by atoms with Crippen LogP contribution in [0, 0.1) is 11.6 Å². The zero-order chi connectivity index (χ0) is 15.4. The number of halogens is 2. The molecule has 2 rings (SSSR count). The molecule has 1 unspecified atom stereocenters. The van der Waals surface area contributed by atoms with Crippen LogP contribution >= 0.6 is 11.8 Å². The van der Waals surface area contributed by atoms with Crippen molar-refractivity contribution >= 4 is 17.7 Å². The van der Waals surface area contributed by atoms with E-state index in [0.717, 1.165) is 22.6 Å². The van der Waals surface area contributed by atoms with Crippen molar-refractivity contribution in [3.63, 3.8) is 0 Å². The Labute approximate surface area is 126 Å². The van der Waals surface area contributed by atoms with Gasteiger partial charge in [-0.3, -0.25) is 4.79 Å². The van der Waals surface area contributed by atoms with Gasteiger partial charge < -0.3 is 5.32 Å². The lowest BCUT2D eigenvalue weighted by Crippen LogP contribution is -2.26. The maximum absolute atomic E-state index is 13.1. The van der Waals surface area contributed by atoms with Gasteiger partial charge in [0.2, 0.25) is 0 Å². The SMILES string of the molecule is CSc1ccc(C(C)NC(=O)c2ccc(F)c(F)c2)cc1. The highest BCUT2D eigenvalue weighted by Crippen LogP contribution is 2.19. The summed E-state index contributed by atoms with van der Waals surface area (Å²) in [5, 5.41) is 2.76. The van der Waals surface area contributed by atoms with Crippen LogP contribution in [0.4, 0.5) is 8.78 Å². The zero-order valence-corrected chi connectivity index (χ0v) is 12.5. The second kappa shape index (κ2) is 6.72. The van der Waals surface area contributed by atoms with Crippen molar-refractivity contribution in [1.29, 1.82) is 0 Å². The van der Waals surface area contributed by atoms with Gasteiger partial charge in [0.1, 0.15) is 0 Å². The molecule has 1 amide bonds. The molecule has 0 heterocycles. The van der Waals surface area contributed by atoms with Gasteiger partial charge in [0, 0.05) is 10.5 Å². The maximum Gasteiger partial charge on any atom is 0.251 e. The minimum Gasteiger partial charge on any atom is -0.346 e. The van der Waals surface area contributed by atoms with E-state index in [4.69, 9.17) is 0 Å². The monoisotopic (exact) mass is 307 g/mol. The predicted molar refractivity (Wildman–Crippen MR) is 80.5 cm³/mol. The molecule has 1 atom stereocenters. The summed E-state index contributed by atoms with van der Waals surface area (Å²) in [5.74, 6) is -2.43. The third kappa shape index (κ3) is 3.82. The van der Waals surface area contributed by atoms with E-state index in [1.54, 1.807) is 11.8 Å². The van der Waals surface area contributed by atoms with E-state index in [1.165, 1.54) is 6.07 Å². The zero-order valence-electron chi connectivity index (χ0n) is 11.7. The van der Waals surface area contributed by atoms with Gasteiger partial charge in [-0.05, 0) is 49.1 Å². The van der Waals surface area contributed by atoms with Gasteiger partial charge in [-0.2, -0.15) is 0 Å². The van der Waals surface area contributed by atoms with Gasteiger partial charge in [0.25, 0.3) is 5.91 Å². The molecule has 0 bridgehead atoms. The van der Waals surface area contributed by atoms with Crippen molar-refractivity contribution in [2.24, 2.45) is 0 Å². The molecule has 0 radical (unpaired) electrons. The highest BCUT2D eigenvalue weighted by Gasteiger charge is 2.13. The van der Waals surface area contributed by atoms with E-state index >= 15 is 0 Å². The fourth-order valence-electron chi connectivity index (χ4n) is 1.89. The van der Waals surface area contributed by atoms with Crippen LogP contribution in [-0.4, -0.2) is 12.2 Å². The molecule has 21 heavy (non-hydrogen) atoms. The van der Waals surface area contributed by atoms with Crippen molar-refractivity contribution in [1.82, 2.24) is 5.32 Å². The van der Waals surface area contributed by atoms with Crippen molar-refractivity contribution in [2.75, 3.05) is 6.26 Å². The summed E-state index contributed by atoms with van der Waals surface area (Å²) in [6, 6.07) is 10.7. The minimum atomic E-state index is -1.03. The summed E-state index contributed by atoms with van der Waals surface area (Å²) >= 11 is 1.64.